The third kappa shape index (κ3) is 2.21. The van der Waals surface area contributed by atoms with Gasteiger partial charge in [-0.3, -0.25) is 4.99 Å². The van der Waals surface area contributed by atoms with E-state index in [4.69, 9.17) is 0 Å². The van der Waals surface area contributed by atoms with Gasteiger partial charge in [0.1, 0.15) is 5.84 Å². The van der Waals surface area contributed by atoms with E-state index in [-0.39, 0.29) is 0 Å². The zero-order chi connectivity index (χ0) is 7.40. The van der Waals surface area contributed by atoms with Gasteiger partial charge in [0.05, 0.1) is 0 Å². The molecule has 0 aromatic rings. The summed E-state index contributed by atoms with van der Waals surface area (Å²) >= 11 is 0. The quantitative estimate of drug-likeness (QED) is 0.581. The Balaban J connectivity index is 2.53. The molecule has 0 aromatic heterocycles. The molecule has 0 radical (unpaired) electrons. The highest BCUT2D eigenvalue weighted by molar-refractivity contribution is 5.93. The molecule has 56 valence electrons. The number of rotatable bonds is 1. The highest BCUT2D eigenvalue weighted by atomic mass is 15.0. The first-order valence-electron chi connectivity index (χ1n) is 3.77. The van der Waals surface area contributed by atoms with E-state index in [1.807, 2.05) is 6.08 Å². The Morgan fingerprint density at radius 3 is 2.90 bits per heavy atom. The van der Waals surface area contributed by atoms with Crippen molar-refractivity contribution in [3.8, 4) is 0 Å². The molecular formula is C8H14N2. The van der Waals surface area contributed by atoms with Gasteiger partial charge in [0, 0.05) is 12.6 Å². The molecule has 0 atom stereocenters. The average Bonchev–Trinajstić information content (AvgIpc) is 1.88. The molecule has 2 heteroatoms. The first kappa shape index (κ1) is 7.32. The SMILES string of the molecule is CC(C)/N=C1/C=CCCN1. The molecular weight excluding hydrogens is 124 g/mol. The van der Waals surface area contributed by atoms with Gasteiger partial charge in [-0.05, 0) is 26.3 Å². The van der Waals surface area contributed by atoms with Crippen LogP contribution in [0.5, 0.6) is 0 Å². The molecule has 1 rings (SSSR count). The maximum atomic E-state index is 4.36. The Morgan fingerprint density at radius 1 is 1.60 bits per heavy atom. The molecule has 2 nitrogen and oxygen atoms in total. The first-order valence-corrected chi connectivity index (χ1v) is 3.77. The van der Waals surface area contributed by atoms with Crippen LogP contribution in [-0.4, -0.2) is 18.4 Å². The zero-order valence-corrected chi connectivity index (χ0v) is 6.59. The molecule has 0 fully saturated rings. The summed E-state index contributed by atoms with van der Waals surface area (Å²) in [6.07, 6.45) is 5.32. The minimum absolute atomic E-state index is 0.394. The second-order valence-electron chi connectivity index (χ2n) is 2.73. The molecule has 0 aromatic carbocycles. The minimum atomic E-state index is 0.394. The third-order valence-corrected chi connectivity index (χ3v) is 1.29. The van der Waals surface area contributed by atoms with Crippen LogP contribution >= 0.6 is 0 Å². The van der Waals surface area contributed by atoms with Gasteiger partial charge in [-0.25, -0.2) is 0 Å². The number of hydrogen-bond acceptors (Lipinski definition) is 1. The van der Waals surface area contributed by atoms with Crippen LogP contribution in [0.4, 0.5) is 0 Å². The Kier molecular flexibility index (Phi) is 2.49. The van der Waals surface area contributed by atoms with Crippen LogP contribution in [0.15, 0.2) is 17.1 Å². The van der Waals surface area contributed by atoms with Gasteiger partial charge in [-0.15, -0.1) is 0 Å². The van der Waals surface area contributed by atoms with Crippen LogP contribution < -0.4 is 5.32 Å². The lowest BCUT2D eigenvalue weighted by Crippen LogP contribution is -2.26. The summed E-state index contributed by atoms with van der Waals surface area (Å²) < 4.78 is 0. The predicted octanol–water partition coefficient (Wildman–Crippen LogP) is 1.34. The van der Waals surface area contributed by atoms with Crippen molar-refractivity contribution >= 4 is 5.84 Å². The van der Waals surface area contributed by atoms with E-state index < -0.39 is 0 Å². The summed E-state index contributed by atoms with van der Waals surface area (Å²) in [6, 6.07) is 0.394. The van der Waals surface area contributed by atoms with Crippen LogP contribution in [0.2, 0.25) is 0 Å². The lowest BCUT2D eigenvalue weighted by molar-refractivity contribution is 0.802. The Hall–Kier alpha value is -0.790. The number of amidine groups is 1. The number of aliphatic imine (C=N–C) groups is 1. The normalized spacial score (nSPS) is 21.7. The highest BCUT2D eigenvalue weighted by Crippen LogP contribution is 1.94. The number of nitrogens with zero attached hydrogens (tertiary/aromatic N) is 1. The molecule has 0 spiro atoms. The van der Waals surface area contributed by atoms with Gasteiger partial charge < -0.3 is 5.32 Å². The molecule has 1 N–H and O–H groups in total. The van der Waals surface area contributed by atoms with Crippen molar-refractivity contribution in [2.45, 2.75) is 26.3 Å². The van der Waals surface area contributed by atoms with Crippen LogP contribution in [0.3, 0.4) is 0 Å². The van der Waals surface area contributed by atoms with E-state index in [1.54, 1.807) is 0 Å². The van der Waals surface area contributed by atoms with E-state index in [2.05, 4.69) is 30.2 Å². The van der Waals surface area contributed by atoms with Crippen molar-refractivity contribution < 1.29 is 0 Å². The van der Waals surface area contributed by atoms with Crippen molar-refractivity contribution in [2.75, 3.05) is 6.54 Å². The smallest absolute Gasteiger partial charge is 0.120 e. The van der Waals surface area contributed by atoms with Crippen LogP contribution in [0, 0.1) is 0 Å². The van der Waals surface area contributed by atoms with E-state index in [0.29, 0.717) is 6.04 Å². The van der Waals surface area contributed by atoms with Crippen molar-refractivity contribution in [1.82, 2.24) is 5.32 Å². The Morgan fingerprint density at radius 2 is 2.40 bits per heavy atom. The van der Waals surface area contributed by atoms with Gasteiger partial charge >= 0.3 is 0 Å². The molecule has 0 bridgehead atoms. The maximum absolute atomic E-state index is 4.36. The van der Waals surface area contributed by atoms with E-state index in [1.165, 1.54) is 0 Å². The fraction of sp³-hybridized carbons (Fsp3) is 0.625. The highest BCUT2D eigenvalue weighted by Gasteiger charge is 1.97. The average molecular weight is 138 g/mol. The number of nitrogens with one attached hydrogen (secondary N) is 1. The second-order valence-corrected chi connectivity index (χ2v) is 2.73. The number of hydrogen-bond donors (Lipinski definition) is 1. The maximum Gasteiger partial charge on any atom is 0.120 e. The molecule has 1 aliphatic rings. The van der Waals surface area contributed by atoms with E-state index >= 15 is 0 Å². The molecule has 1 heterocycles. The summed E-state index contributed by atoms with van der Waals surface area (Å²) in [5.74, 6) is 1.03. The van der Waals surface area contributed by atoms with Crippen molar-refractivity contribution in [3.05, 3.63) is 12.2 Å². The predicted molar refractivity (Wildman–Crippen MR) is 44.3 cm³/mol. The monoisotopic (exact) mass is 138 g/mol. The van der Waals surface area contributed by atoms with Crippen LogP contribution in [0.25, 0.3) is 0 Å². The standard InChI is InChI=1S/C8H14N2/c1-7(2)10-8-5-3-4-6-9-8/h3,5,7H,4,6H2,1-2H3,(H,9,10). The molecule has 0 aliphatic carbocycles. The van der Waals surface area contributed by atoms with Gasteiger partial charge in [0.15, 0.2) is 0 Å². The van der Waals surface area contributed by atoms with Crippen molar-refractivity contribution in [2.24, 2.45) is 4.99 Å². The fourth-order valence-electron chi connectivity index (χ4n) is 0.904. The summed E-state index contributed by atoms with van der Waals surface area (Å²) in [7, 11) is 0. The van der Waals surface area contributed by atoms with Crippen molar-refractivity contribution in [1.29, 1.82) is 0 Å². The van der Waals surface area contributed by atoms with Gasteiger partial charge in [-0.1, -0.05) is 6.08 Å². The molecule has 0 saturated heterocycles. The Labute approximate surface area is 62.0 Å². The van der Waals surface area contributed by atoms with Gasteiger partial charge in [0.25, 0.3) is 0 Å². The first-order chi connectivity index (χ1) is 4.79. The minimum Gasteiger partial charge on any atom is -0.370 e. The topological polar surface area (TPSA) is 24.4 Å². The molecule has 10 heavy (non-hydrogen) atoms. The zero-order valence-electron chi connectivity index (χ0n) is 6.59. The van der Waals surface area contributed by atoms with Crippen LogP contribution in [-0.2, 0) is 0 Å². The molecule has 0 saturated carbocycles. The van der Waals surface area contributed by atoms with Crippen LogP contribution in [0.1, 0.15) is 20.3 Å². The van der Waals surface area contributed by atoms with Crippen molar-refractivity contribution in [3.63, 3.8) is 0 Å². The lowest BCUT2D eigenvalue weighted by Gasteiger charge is -2.10. The fourth-order valence-corrected chi connectivity index (χ4v) is 0.904. The molecule has 0 amide bonds. The Bertz CT molecular complexity index is 157. The molecule has 1 aliphatic heterocycles. The largest absolute Gasteiger partial charge is 0.370 e. The summed E-state index contributed by atoms with van der Waals surface area (Å²) in [5.41, 5.74) is 0. The molecule has 0 unspecified atom stereocenters. The summed E-state index contributed by atoms with van der Waals surface area (Å²) in [6.45, 7) is 5.19. The summed E-state index contributed by atoms with van der Waals surface area (Å²) in [5, 5.41) is 3.21. The van der Waals surface area contributed by atoms with Gasteiger partial charge in [0.2, 0.25) is 0 Å². The van der Waals surface area contributed by atoms with E-state index in [0.717, 1.165) is 18.8 Å². The van der Waals surface area contributed by atoms with Gasteiger partial charge in [-0.2, -0.15) is 0 Å². The lowest BCUT2D eigenvalue weighted by atomic mass is 10.3. The van der Waals surface area contributed by atoms with E-state index in [9.17, 15) is 0 Å². The summed E-state index contributed by atoms with van der Waals surface area (Å²) in [4.78, 5) is 4.36. The second kappa shape index (κ2) is 3.40. The third-order valence-electron chi connectivity index (χ3n) is 1.29.